The summed E-state index contributed by atoms with van der Waals surface area (Å²) in [5, 5.41) is 7.10. The number of para-hydroxylation sites is 1. The van der Waals surface area contributed by atoms with Crippen LogP contribution in [-0.4, -0.2) is 28.7 Å². The van der Waals surface area contributed by atoms with Gasteiger partial charge < -0.3 is 15.2 Å². The van der Waals surface area contributed by atoms with Gasteiger partial charge in [0.2, 0.25) is 5.91 Å². The van der Waals surface area contributed by atoms with Gasteiger partial charge in [0, 0.05) is 46.3 Å². The second-order valence-electron chi connectivity index (χ2n) is 8.16. The third kappa shape index (κ3) is 5.69. The zero-order valence-corrected chi connectivity index (χ0v) is 20.3. The smallest absolute Gasteiger partial charge is 0.251 e. The lowest BCUT2D eigenvalue weighted by molar-refractivity contribution is -0.113. The topological polar surface area (TPSA) is 63.1 Å². The maximum Gasteiger partial charge on any atom is 0.251 e. The number of aryl methyl sites for hydroxylation is 2. The maximum atomic E-state index is 12.5. The van der Waals surface area contributed by atoms with Crippen molar-refractivity contribution in [3.8, 4) is 0 Å². The standard InChI is InChI=1S/C28H29N3O2S/c1-3-21-12-14-22(15-13-21)30-27(32)19-34-26-18-31(25-11-7-6-10-24(25)26)17-16-29-28(33)23-9-5-4-8-20(23)2/h4-15,18H,3,16-17,19H2,1-2H3,(H,29,33)(H,30,32). The molecule has 1 heterocycles. The van der Waals surface area contributed by atoms with Gasteiger partial charge in [0.1, 0.15) is 0 Å². The van der Waals surface area contributed by atoms with Crippen LogP contribution in [0.3, 0.4) is 0 Å². The normalized spacial score (nSPS) is 10.9. The molecule has 0 saturated carbocycles. The molecule has 0 fully saturated rings. The van der Waals surface area contributed by atoms with E-state index in [0.717, 1.165) is 33.5 Å². The molecule has 2 N–H and O–H groups in total. The second kappa shape index (κ2) is 11.1. The molecule has 0 aliphatic heterocycles. The van der Waals surface area contributed by atoms with E-state index >= 15 is 0 Å². The Hall–Kier alpha value is -3.51. The van der Waals surface area contributed by atoms with Gasteiger partial charge in [-0.25, -0.2) is 0 Å². The number of nitrogens with zero attached hydrogens (tertiary/aromatic N) is 1. The Bertz CT molecular complexity index is 1290. The highest BCUT2D eigenvalue weighted by Gasteiger charge is 2.12. The summed E-state index contributed by atoms with van der Waals surface area (Å²) in [7, 11) is 0. The minimum absolute atomic E-state index is 0.0310. The van der Waals surface area contributed by atoms with Gasteiger partial charge in [0.15, 0.2) is 0 Å². The molecule has 6 heteroatoms. The lowest BCUT2D eigenvalue weighted by Gasteiger charge is -2.09. The summed E-state index contributed by atoms with van der Waals surface area (Å²) in [5.41, 5.74) is 4.81. The fourth-order valence-corrected chi connectivity index (χ4v) is 4.78. The first-order chi connectivity index (χ1) is 16.5. The molecular formula is C28H29N3O2S. The molecule has 0 aliphatic rings. The summed E-state index contributed by atoms with van der Waals surface area (Å²) >= 11 is 1.52. The Kier molecular flexibility index (Phi) is 7.70. The highest BCUT2D eigenvalue weighted by Crippen LogP contribution is 2.30. The molecule has 4 rings (SSSR count). The van der Waals surface area contributed by atoms with Crippen LogP contribution in [-0.2, 0) is 17.8 Å². The molecule has 5 nitrogen and oxygen atoms in total. The zero-order chi connectivity index (χ0) is 23.9. The third-order valence-corrected chi connectivity index (χ3v) is 6.83. The molecule has 0 bridgehead atoms. The van der Waals surface area contributed by atoms with E-state index in [0.29, 0.717) is 24.4 Å². The number of nitrogens with one attached hydrogen (secondary N) is 2. The van der Waals surface area contributed by atoms with Gasteiger partial charge in [0.25, 0.3) is 5.91 Å². The van der Waals surface area contributed by atoms with Gasteiger partial charge in [-0.1, -0.05) is 55.5 Å². The van der Waals surface area contributed by atoms with Crippen molar-refractivity contribution in [2.75, 3.05) is 17.6 Å². The van der Waals surface area contributed by atoms with Gasteiger partial charge in [-0.3, -0.25) is 9.59 Å². The molecule has 0 unspecified atom stereocenters. The highest BCUT2D eigenvalue weighted by molar-refractivity contribution is 8.00. The quantitative estimate of drug-likeness (QED) is 0.309. The van der Waals surface area contributed by atoms with E-state index in [1.165, 1.54) is 17.3 Å². The van der Waals surface area contributed by atoms with Crippen LogP contribution in [0, 0.1) is 6.92 Å². The highest BCUT2D eigenvalue weighted by atomic mass is 32.2. The average Bonchev–Trinajstić information content (AvgIpc) is 3.21. The summed E-state index contributed by atoms with van der Waals surface area (Å²) in [6, 6.07) is 23.7. The van der Waals surface area contributed by atoms with E-state index in [1.54, 1.807) is 0 Å². The van der Waals surface area contributed by atoms with Crippen molar-refractivity contribution in [2.24, 2.45) is 0 Å². The van der Waals surface area contributed by atoms with Crippen molar-refractivity contribution in [3.05, 3.63) is 95.7 Å². The van der Waals surface area contributed by atoms with Crippen molar-refractivity contribution in [2.45, 2.75) is 31.7 Å². The fraction of sp³-hybridized carbons (Fsp3) is 0.214. The molecule has 0 atom stereocenters. The van der Waals surface area contributed by atoms with Gasteiger partial charge in [-0.05, 0) is 48.7 Å². The predicted molar refractivity (Wildman–Crippen MR) is 141 cm³/mol. The summed E-state index contributed by atoms with van der Waals surface area (Å²) in [5.74, 6) is 0.234. The molecule has 0 radical (unpaired) electrons. The number of carbonyl (C=O) groups excluding carboxylic acids is 2. The summed E-state index contributed by atoms with van der Waals surface area (Å²) in [4.78, 5) is 26.1. The van der Waals surface area contributed by atoms with E-state index in [1.807, 2.05) is 67.6 Å². The van der Waals surface area contributed by atoms with Gasteiger partial charge in [-0.15, -0.1) is 11.8 Å². The van der Waals surface area contributed by atoms with Crippen LogP contribution in [0.2, 0.25) is 0 Å². The SMILES string of the molecule is CCc1ccc(NC(=O)CSc2cn(CCNC(=O)c3ccccc3C)c3ccccc23)cc1. The Balaban J connectivity index is 1.37. The molecule has 0 saturated heterocycles. The summed E-state index contributed by atoms with van der Waals surface area (Å²) in [6.07, 6.45) is 3.04. The van der Waals surface area contributed by atoms with Crippen LogP contribution in [0.4, 0.5) is 5.69 Å². The number of hydrogen-bond donors (Lipinski definition) is 2. The number of benzene rings is 3. The molecule has 34 heavy (non-hydrogen) atoms. The van der Waals surface area contributed by atoms with Crippen molar-refractivity contribution in [1.82, 2.24) is 9.88 Å². The maximum absolute atomic E-state index is 12.5. The zero-order valence-electron chi connectivity index (χ0n) is 19.5. The number of aromatic nitrogens is 1. The molecule has 3 aromatic carbocycles. The Morgan fingerprint density at radius 1 is 0.941 bits per heavy atom. The predicted octanol–water partition coefficient (Wildman–Crippen LogP) is 5.67. The van der Waals surface area contributed by atoms with Crippen LogP contribution in [0.1, 0.15) is 28.4 Å². The lowest BCUT2D eigenvalue weighted by Crippen LogP contribution is -2.27. The number of fused-ring (bicyclic) bond motifs is 1. The molecule has 0 aliphatic carbocycles. The number of carbonyl (C=O) groups is 2. The van der Waals surface area contributed by atoms with E-state index < -0.39 is 0 Å². The fourth-order valence-electron chi connectivity index (χ4n) is 3.89. The Morgan fingerprint density at radius 2 is 1.68 bits per heavy atom. The van der Waals surface area contributed by atoms with Gasteiger partial charge in [0.05, 0.1) is 5.75 Å². The van der Waals surface area contributed by atoms with Crippen molar-refractivity contribution >= 4 is 40.2 Å². The number of hydrogen-bond acceptors (Lipinski definition) is 3. The largest absolute Gasteiger partial charge is 0.350 e. The first-order valence-corrected chi connectivity index (χ1v) is 12.5. The van der Waals surface area contributed by atoms with Gasteiger partial charge in [-0.2, -0.15) is 0 Å². The second-order valence-corrected chi connectivity index (χ2v) is 9.18. The third-order valence-electron chi connectivity index (χ3n) is 5.78. The first-order valence-electron chi connectivity index (χ1n) is 11.5. The van der Waals surface area contributed by atoms with E-state index in [-0.39, 0.29) is 11.8 Å². The summed E-state index contributed by atoms with van der Waals surface area (Å²) < 4.78 is 2.14. The van der Waals surface area contributed by atoms with Crippen molar-refractivity contribution in [1.29, 1.82) is 0 Å². The molecular weight excluding hydrogens is 442 g/mol. The number of rotatable bonds is 9. The minimum Gasteiger partial charge on any atom is -0.350 e. The number of thioether (sulfide) groups is 1. The number of amides is 2. The molecule has 4 aromatic rings. The van der Waals surface area contributed by atoms with Crippen LogP contribution >= 0.6 is 11.8 Å². The van der Waals surface area contributed by atoms with Crippen LogP contribution in [0.5, 0.6) is 0 Å². The van der Waals surface area contributed by atoms with Crippen LogP contribution < -0.4 is 10.6 Å². The van der Waals surface area contributed by atoms with E-state index in [9.17, 15) is 9.59 Å². The van der Waals surface area contributed by atoms with Crippen molar-refractivity contribution < 1.29 is 9.59 Å². The summed E-state index contributed by atoms with van der Waals surface area (Å²) in [6.45, 7) is 5.21. The monoisotopic (exact) mass is 471 g/mol. The van der Waals surface area contributed by atoms with Crippen LogP contribution in [0.15, 0.2) is 83.9 Å². The first kappa shape index (κ1) is 23.6. The Labute approximate surface area is 204 Å². The van der Waals surface area contributed by atoms with Crippen molar-refractivity contribution in [3.63, 3.8) is 0 Å². The molecule has 0 spiro atoms. The van der Waals surface area contributed by atoms with E-state index in [2.05, 4.69) is 40.5 Å². The van der Waals surface area contributed by atoms with Gasteiger partial charge >= 0.3 is 0 Å². The Morgan fingerprint density at radius 3 is 2.44 bits per heavy atom. The number of anilines is 1. The lowest BCUT2D eigenvalue weighted by atomic mass is 10.1. The van der Waals surface area contributed by atoms with E-state index in [4.69, 9.17) is 0 Å². The molecule has 174 valence electrons. The molecule has 2 amide bonds. The molecule has 1 aromatic heterocycles. The van der Waals surface area contributed by atoms with Crippen LogP contribution in [0.25, 0.3) is 10.9 Å². The minimum atomic E-state index is -0.0622. The average molecular weight is 472 g/mol.